The number of benzene rings is 1. The molecule has 2 atom stereocenters. The van der Waals surface area contributed by atoms with E-state index in [1.807, 2.05) is 0 Å². The van der Waals surface area contributed by atoms with Crippen molar-refractivity contribution < 1.29 is 24.4 Å². The molecule has 5 heteroatoms. The van der Waals surface area contributed by atoms with Crippen LogP contribution in [0.1, 0.15) is 25.3 Å². The van der Waals surface area contributed by atoms with Crippen LogP contribution >= 0.6 is 0 Å². The Labute approximate surface area is 125 Å². The van der Waals surface area contributed by atoms with Gasteiger partial charge in [0.25, 0.3) is 0 Å². The minimum atomic E-state index is 0.221. The Bertz CT molecular complexity index is 415. The first-order valence-corrected chi connectivity index (χ1v) is 7.51. The lowest BCUT2D eigenvalue weighted by molar-refractivity contribution is 0.102. The van der Waals surface area contributed by atoms with Crippen LogP contribution in [0.25, 0.3) is 0 Å². The van der Waals surface area contributed by atoms with E-state index in [1.165, 1.54) is 12.1 Å². The third-order valence-corrected chi connectivity index (χ3v) is 3.27. The normalized spacial score (nSPS) is 22.3. The van der Waals surface area contributed by atoms with Crippen LogP contribution in [0.15, 0.2) is 18.2 Å². The number of phenols is 2. The first-order valence-electron chi connectivity index (χ1n) is 7.51. The number of rotatable bonds is 7. The molecule has 5 nitrogen and oxygen atoms in total. The molecule has 2 N–H and O–H groups in total. The Balaban J connectivity index is 0.000000159. The summed E-state index contributed by atoms with van der Waals surface area (Å²) < 4.78 is 15.1. The second-order valence-electron chi connectivity index (χ2n) is 5.36. The van der Waals surface area contributed by atoms with E-state index < -0.39 is 0 Å². The van der Waals surface area contributed by atoms with Gasteiger partial charge in [0.05, 0.1) is 26.4 Å². The van der Waals surface area contributed by atoms with Gasteiger partial charge in [0.15, 0.2) is 0 Å². The van der Waals surface area contributed by atoms with Crippen molar-refractivity contribution in [3.8, 4) is 11.5 Å². The minimum Gasteiger partial charge on any atom is -0.508 e. The van der Waals surface area contributed by atoms with Crippen molar-refractivity contribution in [1.29, 1.82) is 0 Å². The molecule has 2 fully saturated rings. The zero-order valence-corrected chi connectivity index (χ0v) is 12.5. The maximum atomic E-state index is 9.35. The highest BCUT2D eigenvalue weighted by Gasteiger charge is 2.26. The van der Waals surface area contributed by atoms with Gasteiger partial charge >= 0.3 is 0 Å². The fraction of sp³-hybridized carbons (Fsp3) is 0.625. The molecule has 2 saturated heterocycles. The highest BCUT2D eigenvalue weighted by atomic mass is 16.6. The van der Waals surface area contributed by atoms with Crippen LogP contribution in [0, 0.1) is 0 Å². The molecule has 0 aliphatic carbocycles. The van der Waals surface area contributed by atoms with Crippen LogP contribution in [0.5, 0.6) is 11.5 Å². The average molecular weight is 296 g/mol. The van der Waals surface area contributed by atoms with Crippen LogP contribution in [0.4, 0.5) is 0 Å². The zero-order chi connectivity index (χ0) is 15.1. The molecule has 118 valence electrons. The van der Waals surface area contributed by atoms with Gasteiger partial charge in [-0.1, -0.05) is 13.3 Å². The van der Waals surface area contributed by atoms with Crippen LogP contribution < -0.4 is 0 Å². The van der Waals surface area contributed by atoms with Crippen molar-refractivity contribution in [2.45, 2.75) is 38.4 Å². The molecule has 0 amide bonds. The molecule has 1 aromatic carbocycles. The lowest BCUT2D eigenvalue weighted by atomic mass is 10.1. The smallest absolute Gasteiger partial charge is 0.119 e. The molecule has 0 aromatic heterocycles. The van der Waals surface area contributed by atoms with E-state index in [9.17, 15) is 5.11 Å². The quantitative estimate of drug-likeness (QED) is 0.596. The number of aryl methyl sites for hydroxylation is 1. The van der Waals surface area contributed by atoms with Crippen molar-refractivity contribution in [3.63, 3.8) is 0 Å². The van der Waals surface area contributed by atoms with Crippen molar-refractivity contribution in [2.24, 2.45) is 0 Å². The minimum absolute atomic E-state index is 0.221. The number of unbranched alkanes of at least 4 members (excludes halogenated alkanes) is 1. The highest BCUT2D eigenvalue weighted by Crippen LogP contribution is 2.23. The Morgan fingerprint density at radius 2 is 1.76 bits per heavy atom. The summed E-state index contributed by atoms with van der Waals surface area (Å²) in [5, 5.41) is 18.5. The molecule has 0 saturated carbocycles. The summed E-state index contributed by atoms with van der Waals surface area (Å²) in [7, 11) is 0. The first kappa shape index (κ1) is 16.1. The Morgan fingerprint density at radius 1 is 1.14 bits per heavy atom. The predicted molar refractivity (Wildman–Crippen MR) is 78.7 cm³/mol. The molecule has 0 spiro atoms. The predicted octanol–water partition coefficient (Wildman–Crippen LogP) is 2.24. The van der Waals surface area contributed by atoms with E-state index in [0.29, 0.717) is 12.2 Å². The number of phenolic OH excluding ortho intramolecular Hbond substituents is 2. The van der Waals surface area contributed by atoms with Gasteiger partial charge < -0.3 is 24.4 Å². The summed E-state index contributed by atoms with van der Waals surface area (Å²) in [6, 6.07) is 4.64. The van der Waals surface area contributed by atoms with Gasteiger partial charge in [0.1, 0.15) is 23.7 Å². The molecule has 2 unspecified atom stereocenters. The third kappa shape index (κ3) is 6.80. The van der Waals surface area contributed by atoms with Crippen LogP contribution in [0.2, 0.25) is 0 Å². The van der Waals surface area contributed by atoms with E-state index >= 15 is 0 Å². The van der Waals surface area contributed by atoms with E-state index in [0.717, 1.165) is 51.3 Å². The molecule has 1 aromatic rings. The van der Waals surface area contributed by atoms with Gasteiger partial charge in [-0.05, 0) is 36.6 Å². The zero-order valence-electron chi connectivity index (χ0n) is 12.5. The van der Waals surface area contributed by atoms with Crippen LogP contribution in [-0.2, 0) is 20.6 Å². The van der Waals surface area contributed by atoms with Crippen molar-refractivity contribution in [1.82, 2.24) is 0 Å². The third-order valence-electron chi connectivity index (χ3n) is 3.27. The average Bonchev–Trinajstić information content (AvgIpc) is 3.35. The molecule has 2 aliphatic heterocycles. The number of ether oxygens (including phenoxy) is 3. The highest BCUT2D eigenvalue weighted by molar-refractivity contribution is 5.38. The second kappa shape index (κ2) is 8.22. The maximum absolute atomic E-state index is 9.35. The molecule has 2 aliphatic rings. The first-order chi connectivity index (χ1) is 10.2. The fourth-order valence-electron chi connectivity index (χ4n) is 1.80. The molecule has 0 bridgehead atoms. The Morgan fingerprint density at radius 3 is 2.29 bits per heavy atom. The molecular weight excluding hydrogens is 272 g/mol. The lowest BCUT2D eigenvalue weighted by Gasteiger charge is -2.03. The SMILES string of the molecule is C(OCC1CO1)C1CO1.CCCCc1cc(O)ccc1O. The van der Waals surface area contributed by atoms with Gasteiger partial charge in [-0.3, -0.25) is 0 Å². The number of epoxide rings is 2. The van der Waals surface area contributed by atoms with Gasteiger partial charge in [-0.15, -0.1) is 0 Å². The lowest BCUT2D eigenvalue weighted by Crippen LogP contribution is -2.06. The second-order valence-corrected chi connectivity index (χ2v) is 5.36. The summed E-state index contributed by atoms with van der Waals surface area (Å²) in [6.07, 6.45) is 3.75. The van der Waals surface area contributed by atoms with E-state index in [1.54, 1.807) is 6.07 Å². The summed E-state index contributed by atoms with van der Waals surface area (Å²) in [5.41, 5.74) is 0.830. The molecule has 0 radical (unpaired) electrons. The van der Waals surface area contributed by atoms with Crippen molar-refractivity contribution in [3.05, 3.63) is 23.8 Å². The maximum Gasteiger partial charge on any atom is 0.119 e. The summed E-state index contributed by atoms with van der Waals surface area (Å²) in [5.74, 6) is 0.500. The van der Waals surface area contributed by atoms with Gasteiger partial charge in [-0.2, -0.15) is 0 Å². The van der Waals surface area contributed by atoms with E-state index in [2.05, 4.69) is 6.92 Å². The van der Waals surface area contributed by atoms with Crippen LogP contribution in [-0.4, -0.2) is 48.8 Å². The standard InChI is InChI=1S/C10H14O2.C6H10O3/c1-2-3-4-8-7-9(11)5-6-10(8)12;1(5-3-8-5)7-2-6-4-9-6/h5-7,11-12H,2-4H2,1H3;5-6H,1-4H2. The molecule has 21 heavy (non-hydrogen) atoms. The van der Waals surface area contributed by atoms with Crippen molar-refractivity contribution in [2.75, 3.05) is 26.4 Å². The summed E-state index contributed by atoms with van der Waals surface area (Å²) >= 11 is 0. The van der Waals surface area contributed by atoms with Crippen LogP contribution in [0.3, 0.4) is 0 Å². The van der Waals surface area contributed by atoms with Crippen molar-refractivity contribution >= 4 is 0 Å². The molecule has 3 rings (SSSR count). The van der Waals surface area contributed by atoms with Gasteiger partial charge in [0, 0.05) is 0 Å². The van der Waals surface area contributed by atoms with Gasteiger partial charge in [0.2, 0.25) is 0 Å². The number of hydrogen-bond donors (Lipinski definition) is 2. The number of aromatic hydroxyl groups is 2. The van der Waals surface area contributed by atoms with Gasteiger partial charge in [-0.25, -0.2) is 0 Å². The van der Waals surface area contributed by atoms with E-state index in [-0.39, 0.29) is 11.5 Å². The molecular formula is C16H24O5. The largest absolute Gasteiger partial charge is 0.508 e. The number of hydrogen-bond acceptors (Lipinski definition) is 5. The Hall–Kier alpha value is -1.30. The fourth-order valence-corrected chi connectivity index (χ4v) is 1.80. The monoisotopic (exact) mass is 296 g/mol. The summed E-state index contributed by atoms with van der Waals surface area (Å²) in [4.78, 5) is 0. The Kier molecular flexibility index (Phi) is 6.29. The van der Waals surface area contributed by atoms with E-state index in [4.69, 9.17) is 19.3 Å². The topological polar surface area (TPSA) is 74.8 Å². The summed E-state index contributed by atoms with van der Waals surface area (Å²) in [6.45, 7) is 5.36. The molecule has 2 heterocycles.